The summed E-state index contributed by atoms with van der Waals surface area (Å²) in [4.78, 5) is 17.3. The lowest BCUT2D eigenvalue weighted by Gasteiger charge is -2.24. The van der Waals surface area contributed by atoms with Crippen molar-refractivity contribution in [3.63, 3.8) is 0 Å². The Hall–Kier alpha value is -2.82. The molecule has 0 saturated heterocycles. The van der Waals surface area contributed by atoms with E-state index in [2.05, 4.69) is 10.3 Å². The number of benzene rings is 1. The molecule has 5 heteroatoms. The molecule has 1 aromatic heterocycles. The van der Waals surface area contributed by atoms with Gasteiger partial charge in [0.1, 0.15) is 17.6 Å². The summed E-state index contributed by atoms with van der Waals surface area (Å²) in [6.07, 6.45) is 3.29. The van der Waals surface area contributed by atoms with Crippen LogP contribution in [0.4, 0.5) is 0 Å². The molecule has 2 heterocycles. The zero-order chi connectivity index (χ0) is 17.6. The molecule has 0 saturated carbocycles. The molecule has 0 radical (unpaired) electrons. The Morgan fingerprint density at radius 3 is 2.76 bits per heavy atom. The minimum absolute atomic E-state index is 0.126. The van der Waals surface area contributed by atoms with Crippen LogP contribution in [0.2, 0.25) is 0 Å². The molecular formula is C20H22N2O3. The lowest BCUT2D eigenvalue weighted by Crippen LogP contribution is -2.32. The van der Waals surface area contributed by atoms with Crippen molar-refractivity contribution in [3.05, 3.63) is 71.3 Å². The number of nitrogens with zero attached hydrogens (tertiary/aromatic N) is 1. The number of hydrogen-bond donors (Lipinski definition) is 1. The molecule has 1 aliphatic rings. The van der Waals surface area contributed by atoms with Crippen LogP contribution in [-0.2, 0) is 9.53 Å². The van der Waals surface area contributed by atoms with E-state index < -0.39 is 6.04 Å². The van der Waals surface area contributed by atoms with Gasteiger partial charge in [0.05, 0.1) is 25.0 Å². The number of nitrogens with one attached hydrogen (secondary N) is 1. The van der Waals surface area contributed by atoms with Gasteiger partial charge < -0.3 is 14.8 Å². The number of rotatable bonds is 5. The summed E-state index contributed by atoms with van der Waals surface area (Å²) >= 11 is 0. The second-order valence-electron chi connectivity index (χ2n) is 5.89. The van der Waals surface area contributed by atoms with Gasteiger partial charge in [0.15, 0.2) is 0 Å². The lowest BCUT2D eigenvalue weighted by atomic mass is 10.00. The van der Waals surface area contributed by atoms with E-state index in [9.17, 15) is 4.79 Å². The summed E-state index contributed by atoms with van der Waals surface area (Å²) in [6, 6.07) is 12.9. The van der Waals surface area contributed by atoms with E-state index in [1.165, 1.54) is 0 Å². The smallest absolute Gasteiger partial charge is 0.251 e. The number of aromatic nitrogens is 1. The van der Waals surface area contributed by atoms with Crippen molar-refractivity contribution in [2.24, 2.45) is 0 Å². The van der Waals surface area contributed by atoms with E-state index in [1.807, 2.05) is 49.4 Å². The van der Waals surface area contributed by atoms with E-state index in [0.29, 0.717) is 23.7 Å². The topological polar surface area (TPSA) is 60.5 Å². The van der Waals surface area contributed by atoms with Gasteiger partial charge in [-0.25, -0.2) is 0 Å². The van der Waals surface area contributed by atoms with Gasteiger partial charge in [-0.2, -0.15) is 0 Å². The predicted molar refractivity (Wildman–Crippen MR) is 95.1 cm³/mol. The van der Waals surface area contributed by atoms with E-state index >= 15 is 0 Å². The fourth-order valence-electron chi connectivity index (χ4n) is 2.99. The van der Waals surface area contributed by atoms with Crippen LogP contribution in [-0.4, -0.2) is 24.6 Å². The van der Waals surface area contributed by atoms with E-state index in [-0.39, 0.29) is 5.91 Å². The van der Waals surface area contributed by atoms with Crippen LogP contribution in [0.15, 0.2) is 60.0 Å². The van der Waals surface area contributed by atoms with Crippen molar-refractivity contribution in [1.29, 1.82) is 0 Å². The summed E-state index contributed by atoms with van der Waals surface area (Å²) < 4.78 is 11.0. The first-order valence-corrected chi connectivity index (χ1v) is 8.38. The maximum atomic E-state index is 12.8. The van der Waals surface area contributed by atoms with Gasteiger partial charge in [0, 0.05) is 11.8 Å². The van der Waals surface area contributed by atoms with Gasteiger partial charge in [0.25, 0.3) is 5.91 Å². The highest BCUT2D eigenvalue weighted by Gasteiger charge is 2.25. The van der Waals surface area contributed by atoms with Crippen molar-refractivity contribution < 1.29 is 14.3 Å². The molecule has 130 valence electrons. The molecule has 1 aromatic carbocycles. The van der Waals surface area contributed by atoms with E-state index in [0.717, 1.165) is 24.1 Å². The average molecular weight is 338 g/mol. The number of amides is 1. The fraction of sp³-hybridized carbons (Fsp3) is 0.300. The summed E-state index contributed by atoms with van der Waals surface area (Å²) in [5, 5.41) is 3.11. The maximum absolute atomic E-state index is 12.8. The average Bonchev–Trinajstić information content (AvgIpc) is 2.67. The highest BCUT2D eigenvalue weighted by molar-refractivity contribution is 5.94. The van der Waals surface area contributed by atoms with Gasteiger partial charge >= 0.3 is 0 Å². The van der Waals surface area contributed by atoms with Crippen LogP contribution in [0.5, 0.6) is 5.75 Å². The van der Waals surface area contributed by atoms with Crippen LogP contribution >= 0.6 is 0 Å². The summed E-state index contributed by atoms with van der Waals surface area (Å²) in [5.41, 5.74) is 2.32. The minimum Gasteiger partial charge on any atom is -0.498 e. The molecule has 1 N–H and O–H groups in total. The molecular weight excluding hydrogens is 316 g/mol. The highest BCUT2D eigenvalue weighted by Crippen LogP contribution is 2.30. The second-order valence-corrected chi connectivity index (χ2v) is 5.89. The molecule has 0 fully saturated rings. The van der Waals surface area contributed by atoms with Crippen LogP contribution in [0.1, 0.15) is 37.1 Å². The molecule has 3 rings (SSSR count). The third kappa shape index (κ3) is 3.82. The fourth-order valence-corrected chi connectivity index (χ4v) is 2.99. The maximum Gasteiger partial charge on any atom is 0.251 e. The normalized spacial score (nSPS) is 15.3. The Labute approximate surface area is 147 Å². The number of carbonyl (C=O) groups excluding carboxylic acids is 1. The first-order chi connectivity index (χ1) is 12.2. The molecule has 1 atom stereocenters. The number of ether oxygens (including phenoxy) is 2. The zero-order valence-corrected chi connectivity index (χ0v) is 14.5. The Bertz CT molecular complexity index is 772. The Kier molecular flexibility index (Phi) is 5.33. The Balaban J connectivity index is 1.96. The monoisotopic (exact) mass is 338 g/mol. The minimum atomic E-state index is -0.396. The molecule has 1 aliphatic heterocycles. The molecule has 1 amide bonds. The number of hydrogen-bond acceptors (Lipinski definition) is 4. The van der Waals surface area contributed by atoms with Gasteiger partial charge in [-0.05, 0) is 38.0 Å². The first-order valence-electron chi connectivity index (χ1n) is 8.38. The van der Waals surface area contributed by atoms with Crippen molar-refractivity contribution in [3.8, 4) is 5.75 Å². The highest BCUT2D eigenvalue weighted by atomic mass is 16.5. The largest absolute Gasteiger partial charge is 0.498 e. The van der Waals surface area contributed by atoms with Crippen LogP contribution in [0.25, 0.3) is 0 Å². The molecule has 0 spiro atoms. The number of para-hydroxylation sites is 1. The van der Waals surface area contributed by atoms with Crippen molar-refractivity contribution >= 4 is 5.91 Å². The molecule has 25 heavy (non-hydrogen) atoms. The van der Waals surface area contributed by atoms with Crippen molar-refractivity contribution in [2.75, 3.05) is 13.7 Å². The van der Waals surface area contributed by atoms with Crippen LogP contribution < -0.4 is 10.1 Å². The lowest BCUT2D eigenvalue weighted by molar-refractivity contribution is -0.118. The van der Waals surface area contributed by atoms with Gasteiger partial charge in [-0.1, -0.05) is 24.3 Å². The standard InChI is InChI=1S/C20H22N2O3/c1-14-15(9-7-13-25-14)20(23)22-19(17-10-5-6-12-21-17)16-8-3-4-11-18(16)24-2/h3-6,8,10-12,19H,7,9,13H2,1-2H3,(H,22,23). The Morgan fingerprint density at radius 2 is 2.04 bits per heavy atom. The third-order valence-electron chi connectivity index (χ3n) is 4.30. The number of allylic oxidation sites excluding steroid dienone is 1. The summed E-state index contributed by atoms with van der Waals surface area (Å²) in [7, 11) is 1.62. The quantitative estimate of drug-likeness (QED) is 0.908. The number of carbonyl (C=O) groups is 1. The van der Waals surface area contributed by atoms with E-state index in [4.69, 9.17) is 9.47 Å². The van der Waals surface area contributed by atoms with Gasteiger partial charge in [0.2, 0.25) is 0 Å². The van der Waals surface area contributed by atoms with Crippen molar-refractivity contribution in [2.45, 2.75) is 25.8 Å². The molecule has 1 unspecified atom stereocenters. The number of pyridine rings is 1. The van der Waals surface area contributed by atoms with Crippen molar-refractivity contribution in [1.82, 2.24) is 10.3 Å². The summed E-state index contributed by atoms with van der Waals surface area (Å²) in [5.74, 6) is 1.28. The van der Waals surface area contributed by atoms with Crippen LogP contribution in [0, 0.1) is 0 Å². The second kappa shape index (κ2) is 7.83. The van der Waals surface area contributed by atoms with E-state index in [1.54, 1.807) is 13.3 Å². The number of methoxy groups -OCH3 is 1. The molecule has 5 nitrogen and oxygen atoms in total. The molecule has 0 aliphatic carbocycles. The summed E-state index contributed by atoms with van der Waals surface area (Å²) in [6.45, 7) is 2.51. The molecule has 2 aromatic rings. The molecule has 0 bridgehead atoms. The first kappa shape index (κ1) is 17.0. The SMILES string of the molecule is COc1ccccc1C(NC(=O)C1=C(C)OCCC1)c1ccccn1. The van der Waals surface area contributed by atoms with Crippen LogP contribution in [0.3, 0.4) is 0 Å². The van der Waals surface area contributed by atoms with Gasteiger partial charge in [-0.15, -0.1) is 0 Å². The Morgan fingerprint density at radius 1 is 1.24 bits per heavy atom. The predicted octanol–water partition coefficient (Wildman–Crippen LogP) is 3.38. The zero-order valence-electron chi connectivity index (χ0n) is 14.5. The third-order valence-corrected chi connectivity index (χ3v) is 4.30. The van der Waals surface area contributed by atoms with Gasteiger partial charge in [-0.3, -0.25) is 9.78 Å².